The first kappa shape index (κ1) is 18.3. The first-order valence-electron chi connectivity index (χ1n) is 8.72. The number of carbonyl (C=O) groups is 2. The number of fused-ring (bicyclic) bond motifs is 1. The number of amides is 1. The van der Waals surface area contributed by atoms with Crippen molar-refractivity contribution < 1.29 is 19.1 Å². The highest BCUT2D eigenvalue weighted by Crippen LogP contribution is 2.31. The Morgan fingerprint density at radius 2 is 1.90 bits per heavy atom. The van der Waals surface area contributed by atoms with Crippen LogP contribution in [-0.2, 0) is 11.2 Å². The van der Waals surface area contributed by atoms with E-state index in [0.717, 1.165) is 0 Å². The molecular weight excluding hydrogens is 375 g/mol. The summed E-state index contributed by atoms with van der Waals surface area (Å²) in [6.07, 6.45) is 3.31. The molecule has 4 rings (SSSR count). The molecule has 2 heterocycles. The van der Waals surface area contributed by atoms with Crippen molar-refractivity contribution in [2.45, 2.75) is 6.42 Å². The van der Waals surface area contributed by atoms with Crippen LogP contribution in [0.5, 0.6) is 0 Å². The average Bonchev–Trinajstić information content (AvgIpc) is 3.07. The van der Waals surface area contributed by atoms with Crippen LogP contribution in [0.2, 0.25) is 0 Å². The lowest BCUT2D eigenvalue weighted by atomic mass is 10.0. The fourth-order valence-electron chi connectivity index (χ4n) is 3.01. The number of anilines is 1. The van der Waals surface area contributed by atoms with Crippen LogP contribution in [0.15, 0.2) is 67.0 Å². The fourth-order valence-corrected chi connectivity index (χ4v) is 3.01. The molecule has 4 aromatic rings. The molecule has 0 spiro atoms. The number of nitrogens with one attached hydrogen (secondary N) is 1. The number of rotatable bonds is 5. The van der Waals surface area contributed by atoms with Crippen LogP contribution >= 0.6 is 0 Å². The van der Waals surface area contributed by atoms with E-state index in [1.165, 1.54) is 40.9 Å². The number of aromatic nitrogens is 3. The molecule has 0 saturated heterocycles. The molecule has 0 aliphatic heterocycles. The van der Waals surface area contributed by atoms with Crippen LogP contribution in [0.3, 0.4) is 0 Å². The van der Waals surface area contributed by atoms with Gasteiger partial charge in [-0.15, -0.1) is 5.10 Å². The number of hydrogen-bond donors (Lipinski definition) is 2. The fraction of sp³-hybridized carbons (Fsp3) is 0.0476. The number of halogens is 1. The summed E-state index contributed by atoms with van der Waals surface area (Å²) in [5.74, 6) is -1.51. The van der Waals surface area contributed by atoms with E-state index in [9.17, 15) is 19.1 Å². The zero-order chi connectivity index (χ0) is 20.4. The van der Waals surface area contributed by atoms with Crippen LogP contribution < -0.4 is 5.32 Å². The molecule has 0 fully saturated rings. The number of benzene rings is 2. The van der Waals surface area contributed by atoms with Gasteiger partial charge in [-0.2, -0.15) is 0 Å². The van der Waals surface area contributed by atoms with Gasteiger partial charge >= 0.3 is 5.97 Å². The monoisotopic (exact) mass is 390 g/mol. The molecule has 0 radical (unpaired) electrons. The summed E-state index contributed by atoms with van der Waals surface area (Å²) in [4.78, 5) is 28.2. The van der Waals surface area contributed by atoms with Crippen molar-refractivity contribution in [3.63, 3.8) is 0 Å². The highest BCUT2D eigenvalue weighted by atomic mass is 19.1. The number of aromatic carboxylic acids is 1. The van der Waals surface area contributed by atoms with E-state index in [1.54, 1.807) is 30.6 Å². The second-order valence-electron chi connectivity index (χ2n) is 6.35. The minimum atomic E-state index is -1.06. The quantitative estimate of drug-likeness (QED) is 0.544. The molecule has 144 valence electrons. The SMILES string of the molecule is O=C(Cc1ccc(F)cc1)Nc1nn2cccnc2c1-c1cccc(C(=O)O)c1. The first-order valence-corrected chi connectivity index (χ1v) is 8.72. The molecule has 0 aliphatic rings. The Morgan fingerprint density at radius 3 is 2.66 bits per heavy atom. The van der Waals surface area contributed by atoms with Crippen molar-refractivity contribution in [3.05, 3.63) is 83.9 Å². The Labute approximate surface area is 164 Å². The molecular formula is C21H15FN4O3. The normalized spacial score (nSPS) is 10.8. The number of carboxylic acids is 1. The van der Waals surface area contributed by atoms with Gasteiger partial charge in [0.1, 0.15) is 5.82 Å². The summed E-state index contributed by atoms with van der Waals surface area (Å²) in [5, 5.41) is 16.4. The highest BCUT2D eigenvalue weighted by Gasteiger charge is 2.19. The van der Waals surface area contributed by atoms with Gasteiger partial charge in [0.05, 0.1) is 17.5 Å². The van der Waals surface area contributed by atoms with E-state index in [4.69, 9.17) is 0 Å². The molecule has 7 nitrogen and oxygen atoms in total. The Kier molecular flexibility index (Phi) is 4.74. The van der Waals surface area contributed by atoms with E-state index in [0.29, 0.717) is 22.3 Å². The van der Waals surface area contributed by atoms with Crippen molar-refractivity contribution in [2.24, 2.45) is 0 Å². The summed E-state index contributed by atoms with van der Waals surface area (Å²) in [7, 11) is 0. The summed E-state index contributed by atoms with van der Waals surface area (Å²) < 4.78 is 14.6. The molecule has 0 bridgehead atoms. The van der Waals surface area contributed by atoms with E-state index in [-0.39, 0.29) is 29.5 Å². The van der Waals surface area contributed by atoms with Gasteiger partial charge in [0, 0.05) is 12.4 Å². The number of carbonyl (C=O) groups excluding carboxylic acids is 1. The molecule has 2 N–H and O–H groups in total. The zero-order valence-corrected chi connectivity index (χ0v) is 15.0. The minimum Gasteiger partial charge on any atom is -0.478 e. The first-order chi connectivity index (χ1) is 14.0. The van der Waals surface area contributed by atoms with Crippen molar-refractivity contribution in [2.75, 3.05) is 5.32 Å². The molecule has 1 amide bonds. The van der Waals surface area contributed by atoms with Gasteiger partial charge in [0.2, 0.25) is 5.91 Å². The van der Waals surface area contributed by atoms with Crippen LogP contribution in [-0.4, -0.2) is 31.6 Å². The molecule has 2 aromatic heterocycles. The van der Waals surface area contributed by atoms with Crippen molar-refractivity contribution in [1.82, 2.24) is 14.6 Å². The van der Waals surface area contributed by atoms with E-state index >= 15 is 0 Å². The van der Waals surface area contributed by atoms with Gasteiger partial charge in [0.15, 0.2) is 11.5 Å². The van der Waals surface area contributed by atoms with Crippen LogP contribution in [0.4, 0.5) is 10.2 Å². The number of nitrogens with zero attached hydrogens (tertiary/aromatic N) is 3. The lowest BCUT2D eigenvalue weighted by Gasteiger charge is -2.06. The summed E-state index contributed by atoms with van der Waals surface area (Å²) in [6, 6.07) is 13.7. The summed E-state index contributed by atoms with van der Waals surface area (Å²) in [5.41, 5.74) is 2.32. The van der Waals surface area contributed by atoms with Crippen molar-refractivity contribution in [3.8, 4) is 11.1 Å². The summed E-state index contributed by atoms with van der Waals surface area (Å²) >= 11 is 0. The third kappa shape index (κ3) is 3.81. The van der Waals surface area contributed by atoms with Crippen LogP contribution in [0.25, 0.3) is 16.8 Å². The second kappa shape index (κ2) is 7.51. The lowest BCUT2D eigenvalue weighted by molar-refractivity contribution is -0.115. The largest absolute Gasteiger partial charge is 0.478 e. The van der Waals surface area contributed by atoms with E-state index < -0.39 is 5.97 Å². The van der Waals surface area contributed by atoms with Crippen molar-refractivity contribution in [1.29, 1.82) is 0 Å². The Hall–Kier alpha value is -4.07. The second-order valence-corrected chi connectivity index (χ2v) is 6.35. The predicted octanol–water partition coefficient (Wildman–Crippen LogP) is 3.41. The third-order valence-corrected chi connectivity index (χ3v) is 4.33. The summed E-state index contributed by atoms with van der Waals surface area (Å²) in [6.45, 7) is 0. The predicted molar refractivity (Wildman–Crippen MR) is 104 cm³/mol. The van der Waals surface area contributed by atoms with Crippen molar-refractivity contribution >= 4 is 23.3 Å². The number of hydrogen-bond acceptors (Lipinski definition) is 4. The Morgan fingerprint density at radius 1 is 1.10 bits per heavy atom. The van der Waals surface area contributed by atoms with Gasteiger partial charge in [-0.25, -0.2) is 18.7 Å². The van der Waals surface area contributed by atoms with Crippen LogP contribution in [0, 0.1) is 5.82 Å². The molecule has 0 atom stereocenters. The smallest absolute Gasteiger partial charge is 0.335 e. The number of carboxylic acid groups (broad SMARTS) is 1. The molecule has 0 aliphatic carbocycles. The topological polar surface area (TPSA) is 96.6 Å². The Bertz CT molecular complexity index is 1220. The van der Waals surface area contributed by atoms with Gasteiger partial charge < -0.3 is 10.4 Å². The molecule has 0 unspecified atom stereocenters. The van der Waals surface area contributed by atoms with Gasteiger partial charge in [-0.1, -0.05) is 24.3 Å². The lowest BCUT2D eigenvalue weighted by Crippen LogP contribution is -2.15. The molecule has 29 heavy (non-hydrogen) atoms. The maximum absolute atomic E-state index is 13.1. The zero-order valence-electron chi connectivity index (χ0n) is 15.0. The van der Waals surface area contributed by atoms with E-state index in [2.05, 4.69) is 15.4 Å². The molecule has 2 aromatic carbocycles. The third-order valence-electron chi connectivity index (χ3n) is 4.33. The maximum atomic E-state index is 13.1. The highest BCUT2D eigenvalue weighted by molar-refractivity contribution is 5.99. The maximum Gasteiger partial charge on any atom is 0.335 e. The van der Waals surface area contributed by atoms with Gasteiger partial charge in [-0.3, -0.25) is 4.79 Å². The standard InChI is InChI=1S/C21H15FN4O3/c22-16-7-5-13(6-8-16)11-17(27)24-19-18(20-23-9-2-10-26(20)25-19)14-3-1-4-15(12-14)21(28)29/h1-10,12H,11H2,(H,28,29)(H,24,25,27). The van der Waals surface area contributed by atoms with E-state index in [1.807, 2.05) is 0 Å². The van der Waals surface area contributed by atoms with Crippen LogP contribution in [0.1, 0.15) is 15.9 Å². The minimum absolute atomic E-state index is 0.0379. The van der Waals surface area contributed by atoms with Gasteiger partial charge in [-0.05, 0) is 41.5 Å². The average molecular weight is 390 g/mol. The Balaban J connectivity index is 1.72. The van der Waals surface area contributed by atoms with Gasteiger partial charge in [0.25, 0.3) is 0 Å². The molecule has 0 saturated carbocycles. The molecule has 8 heteroatoms.